The van der Waals surface area contributed by atoms with E-state index in [4.69, 9.17) is 8.83 Å². The van der Waals surface area contributed by atoms with Gasteiger partial charge >= 0.3 is 0 Å². The van der Waals surface area contributed by atoms with Crippen LogP contribution in [-0.2, 0) is 0 Å². The van der Waals surface area contributed by atoms with E-state index < -0.39 is 0 Å². The molecule has 0 spiro atoms. The van der Waals surface area contributed by atoms with Gasteiger partial charge in [0, 0.05) is 0 Å². The van der Waals surface area contributed by atoms with Crippen LogP contribution in [0.2, 0.25) is 0 Å². The van der Waals surface area contributed by atoms with Crippen molar-refractivity contribution in [3.8, 4) is 0 Å². The molecule has 0 aromatic carbocycles. The fourth-order valence-electron chi connectivity index (χ4n) is 1.18. The summed E-state index contributed by atoms with van der Waals surface area (Å²) < 4.78 is 10.2. The quantitative estimate of drug-likeness (QED) is 0.556. The number of hydrogen-bond acceptors (Lipinski definition) is 2. The smallest absolute Gasteiger partial charge is 0.297 e. The monoisotopic (exact) mass is 136 g/mol. The topological polar surface area (TPSA) is 26.3 Å². The molecule has 0 fully saturated rings. The molecule has 0 radical (unpaired) electrons. The number of furan rings is 2. The van der Waals surface area contributed by atoms with Gasteiger partial charge < -0.3 is 8.83 Å². The summed E-state index contributed by atoms with van der Waals surface area (Å²) in [5.74, 6) is 0.634. The molecular weight excluding hydrogens is 128 g/mol. The molecule has 0 N–H and O–H groups in total. The summed E-state index contributed by atoms with van der Waals surface area (Å²) in [7, 11) is 0. The highest BCUT2D eigenvalue weighted by atomic mass is 16.5. The Labute approximate surface area is 58.4 Å². The van der Waals surface area contributed by atoms with Gasteiger partial charge in [-0.1, -0.05) is 0 Å². The van der Waals surface area contributed by atoms with Crippen molar-refractivity contribution in [2.45, 2.75) is 13.8 Å². The van der Waals surface area contributed by atoms with Crippen LogP contribution in [0.4, 0.5) is 0 Å². The normalized spacial score (nSPS) is 11.0. The molecule has 0 aliphatic heterocycles. The molecule has 0 unspecified atom stereocenters. The SMILES string of the molecule is Cc1coc2occ(C)c12. The Balaban J connectivity index is 2.98. The standard InChI is InChI=1S/C8H8O2/c1-5-3-9-8-7(5)6(2)4-10-8/h3-4H,1-2H3. The van der Waals surface area contributed by atoms with E-state index in [0.717, 1.165) is 16.5 Å². The van der Waals surface area contributed by atoms with Crippen molar-refractivity contribution in [2.75, 3.05) is 0 Å². The van der Waals surface area contributed by atoms with Crippen molar-refractivity contribution in [1.29, 1.82) is 0 Å². The Bertz CT molecular complexity index is 323. The highest BCUT2D eigenvalue weighted by Crippen LogP contribution is 2.24. The summed E-state index contributed by atoms with van der Waals surface area (Å²) in [6, 6.07) is 0. The van der Waals surface area contributed by atoms with E-state index in [-0.39, 0.29) is 0 Å². The summed E-state index contributed by atoms with van der Waals surface area (Å²) in [5.41, 5.74) is 2.28. The Hall–Kier alpha value is -1.18. The summed E-state index contributed by atoms with van der Waals surface area (Å²) in [4.78, 5) is 0. The number of aryl methyl sites for hydroxylation is 2. The van der Waals surface area contributed by atoms with Crippen LogP contribution < -0.4 is 0 Å². The Morgan fingerprint density at radius 2 is 1.50 bits per heavy atom. The molecular formula is C8H8O2. The van der Waals surface area contributed by atoms with E-state index in [0.29, 0.717) is 5.78 Å². The van der Waals surface area contributed by atoms with Gasteiger partial charge in [-0.05, 0) is 25.0 Å². The van der Waals surface area contributed by atoms with Crippen LogP contribution in [0.5, 0.6) is 0 Å². The number of rotatable bonds is 0. The summed E-state index contributed by atoms with van der Waals surface area (Å²) in [6.45, 7) is 4.02. The molecule has 0 amide bonds. The van der Waals surface area contributed by atoms with Crippen molar-refractivity contribution >= 4 is 11.2 Å². The molecule has 10 heavy (non-hydrogen) atoms. The van der Waals surface area contributed by atoms with Gasteiger partial charge in [0.1, 0.15) is 0 Å². The van der Waals surface area contributed by atoms with Gasteiger partial charge in [-0.25, -0.2) is 0 Å². The van der Waals surface area contributed by atoms with E-state index in [1.807, 2.05) is 13.8 Å². The minimum atomic E-state index is 0.634. The first-order chi connectivity index (χ1) is 4.79. The predicted molar refractivity (Wildman–Crippen MR) is 38.0 cm³/mol. The largest absolute Gasteiger partial charge is 0.433 e. The van der Waals surface area contributed by atoms with Gasteiger partial charge in [0.05, 0.1) is 17.9 Å². The maximum absolute atomic E-state index is 5.10. The molecule has 0 aliphatic rings. The summed E-state index contributed by atoms with van der Waals surface area (Å²) >= 11 is 0. The predicted octanol–water partition coefficient (Wildman–Crippen LogP) is 2.64. The minimum absolute atomic E-state index is 0.634. The highest BCUT2D eigenvalue weighted by Gasteiger charge is 2.07. The van der Waals surface area contributed by atoms with E-state index in [1.165, 1.54) is 0 Å². The summed E-state index contributed by atoms with van der Waals surface area (Å²) in [5, 5.41) is 1.11. The van der Waals surface area contributed by atoms with Crippen molar-refractivity contribution in [2.24, 2.45) is 0 Å². The van der Waals surface area contributed by atoms with Gasteiger partial charge in [0.15, 0.2) is 0 Å². The number of hydrogen-bond donors (Lipinski definition) is 0. The molecule has 0 saturated heterocycles. The lowest BCUT2D eigenvalue weighted by Gasteiger charge is -1.79. The second kappa shape index (κ2) is 1.66. The van der Waals surface area contributed by atoms with Crippen molar-refractivity contribution in [3.05, 3.63) is 23.7 Å². The first-order valence-electron chi connectivity index (χ1n) is 3.21. The van der Waals surface area contributed by atoms with Gasteiger partial charge in [-0.3, -0.25) is 0 Å². The van der Waals surface area contributed by atoms with Crippen LogP contribution in [0.25, 0.3) is 11.2 Å². The molecule has 2 rings (SSSR count). The molecule has 0 atom stereocenters. The lowest BCUT2D eigenvalue weighted by atomic mass is 10.2. The first-order valence-corrected chi connectivity index (χ1v) is 3.21. The second-order valence-corrected chi connectivity index (χ2v) is 2.50. The molecule has 52 valence electrons. The van der Waals surface area contributed by atoms with Crippen LogP contribution >= 0.6 is 0 Å². The average molecular weight is 136 g/mol. The molecule has 2 heteroatoms. The van der Waals surface area contributed by atoms with Crippen molar-refractivity contribution in [3.63, 3.8) is 0 Å². The third kappa shape index (κ3) is 0.533. The van der Waals surface area contributed by atoms with Crippen molar-refractivity contribution in [1.82, 2.24) is 0 Å². The second-order valence-electron chi connectivity index (χ2n) is 2.50. The van der Waals surface area contributed by atoms with Crippen LogP contribution in [0, 0.1) is 13.8 Å². The zero-order valence-corrected chi connectivity index (χ0v) is 5.97. The van der Waals surface area contributed by atoms with Gasteiger partial charge in [-0.2, -0.15) is 0 Å². The molecule has 0 saturated carbocycles. The lowest BCUT2D eigenvalue weighted by Crippen LogP contribution is -1.64. The molecule has 2 nitrogen and oxygen atoms in total. The van der Waals surface area contributed by atoms with E-state index in [2.05, 4.69) is 0 Å². The molecule has 0 bridgehead atoms. The average Bonchev–Trinajstić information content (AvgIpc) is 2.40. The molecule has 0 aliphatic carbocycles. The number of fused-ring (bicyclic) bond motifs is 1. The molecule has 2 aromatic rings. The molecule has 2 aromatic heterocycles. The van der Waals surface area contributed by atoms with E-state index >= 15 is 0 Å². The lowest BCUT2D eigenvalue weighted by molar-refractivity contribution is 0.476. The van der Waals surface area contributed by atoms with Crippen LogP contribution in [0.3, 0.4) is 0 Å². The van der Waals surface area contributed by atoms with Gasteiger partial charge in [0.2, 0.25) is 0 Å². The van der Waals surface area contributed by atoms with E-state index in [1.54, 1.807) is 12.5 Å². The minimum Gasteiger partial charge on any atom is -0.433 e. The van der Waals surface area contributed by atoms with Crippen LogP contribution in [0.1, 0.15) is 11.1 Å². The summed E-state index contributed by atoms with van der Waals surface area (Å²) in [6.07, 6.45) is 3.42. The van der Waals surface area contributed by atoms with Crippen LogP contribution in [-0.4, -0.2) is 0 Å². The zero-order valence-electron chi connectivity index (χ0n) is 5.97. The zero-order chi connectivity index (χ0) is 7.14. The van der Waals surface area contributed by atoms with Gasteiger partial charge in [-0.15, -0.1) is 0 Å². The maximum atomic E-state index is 5.10. The van der Waals surface area contributed by atoms with Gasteiger partial charge in [0.25, 0.3) is 5.78 Å². The first kappa shape index (κ1) is 5.59. The van der Waals surface area contributed by atoms with E-state index in [9.17, 15) is 0 Å². The Morgan fingerprint density at radius 1 is 1.00 bits per heavy atom. The van der Waals surface area contributed by atoms with Crippen LogP contribution in [0.15, 0.2) is 21.4 Å². The Morgan fingerprint density at radius 3 is 1.90 bits per heavy atom. The maximum Gasteiger partial charge on any atom is 0.297 e. The third-order valence-corrected chi connectivity index (χ3v) is 1.68. The Kier molecular flexibility index (Phi) is 0.926. The highest BCUT2D eigenvalue weighted by molar-refractivity contribution is 5.79. The fourth-order valence-corrected chi connectivity index (χ4v) is 1.18. The molecule has 2 heterocycles. The third-order valence-electron chi connectivity index (χ3n) is 1.68. The fraction of sp³-hybridized carbons (Fsp3) is 0.250. The van der Waals surface area contributed by atoms with Crippen molar-refractivity contribution < 1.29 is 8.83 Å².